The van der Waals surface area contributed by atoms with Crippen LogP contribution in [0.15, 0.2) is 12.4 Å². The van der Waals surface area contributed by atoms with E-state index in [0.29, 0.717) is 32.5 Å². The van der Waals surface area contributed by atoms with Gasteiger partial charge in [-0.15, -0.1) is 0 Å². The standard InChI is InChI=1S/C13H20N4O3/c1-16-8-10(7-14-16)9-17(5-6-20-2)13(19)11-3-4-12(18)15-11/h7-8,11H,3-6,9H2,1-2H3,(H,15,18)/t11-/m1/s1. The van der Waals surface area contributed by atoms with Crippen LogP contribution in [0.4, 0.5) is 0 Å². The third-order valence-corrected chi connectivity index (χ3v) is 3.30. The first-order chi connectivity index (χ1) is 9.60. The molecule has 20 heavy (non-hydrogen) atoms. The summed E-state index contributed by atoms with van der Waals surface area (Å²) >= 11 is 0. The number of aromatic nitrogens is 2. The van der Waals surface area contributed by atoms with Gasteiger partial charge in [0.2, 0.25) is 11.8 Å². The molecule has 2 amide bonds. The Morgan fingerprint density at radius 3 is 3.00 bits per heavy atom. The second-order valence-corrected chi connectivity index (χ2v) is 4.93. The zero-order valence-corrected chi connectivity index (χ0v) is 11.8. The monoisotopic (exact) mass is 280 g/mol. The minimum atomic E-state index is -0.406. The summed E-state index contributed by atoms with van der Waals surface area (Å²) in [7, 11) is 3.44. The number of rotatable bonds is 6. The Morgan fingerprint density at radius 2 is 2.45 bits per heavy atom. The summed E-state index contributed by atoms with van der Waals surface area (Å²) in [4.78, 5) is 25.4. The predicted octanol–water partition coefficient (Wildman–Crippen LogP) is -0.326. The summed E-state index contributed by atoms with van der Waals surface area (Å²) in [5.74, 6) is -0.117. The summed E-state index contributed by atoms with van der Waals surface area (Å²) in [5, 5.41) is 6.81. The zero-order chi connectivity index (χ0) is 14.5. The number of amides is 2. The van der Waals surface area contributed by atoms with Gasteiger partial charge in [-0.05, 0) is 6.42 Å². The number of aryl methyl sites for hydroxylation is 1. The largest absolute Gasteiger partial charge is 0.383 e. The molecule has 0 aliphatic carbocycles. The number of methoxy groups -OCH3 is 1. The number of nitrogens with zero attached hydrogens (tertiary/aromatic N) is 3. The Hall–Kier alpha value is -1.89. The molecule has 0 bridgehead atoms. The van der Waals surface area contributed by atoms with E-state index in [2.05, 4.69) is 10.4 Å². The highest BCUT2D eigenvalue weighted by atomic mass is 16.5. The van der Waals surface area contributed by atoms with Crippen LogP contribution in [0.3, 0.4) is 0 Å². The molecule has 0 unspecified atom stereocenters. The van der Waals surface area contributed by atoms with Crippen molar-refractivity contribution >= 4 is 11.8 Å². The van der Waals surface area contributed by atoms with Crippen molar-refractivity contribution in [1.82, 2.24) is 20.0 Å². The summed E-state index contributed by atoms with van der Waals surface area (Å²) in [6, 6.07) is -0.406. The van der Waals surface area contributed by atoms with Gasteiger partial charge in [0.25, 0.3) is 0 Å². The zero-order valence-electron chi connectivity index (χ0n) is 11.8. The molecule has 1 saturated heterocycles. The van der Waals surface area contributed by atoms with Crippen LogP contribution in [0, 0.1) is 0 Å². The molecule has 1 aromatic heterocycles. The maximum Gasteiger partial charge on any atom is 0.245 e. The Labute approximate surface area is 117 Å². The van der Waals surface area contributed by atoms with E-state index >= 15 is 0 Å². The molecule has 7 nitrogen and oxygen atoms in total. The summed E-state index contributed by atoms with van der Waals surface area (Å²) in [6.07, 6.45) is 4.59. The lowest BCUT2D eigenvalue weighted by Gasteiger charge is -2.24. The van der Waals surface area contributed by atoms with Gasteiger partial charge in [-0.2, -0.15) is 5.10 Å². The van der Waals surface area contributed by atoms with Crippen molar-refractivity contribution in [3.05, 3.63) is 18.0 Å². The van der Waals surface area contributed by atoms with Gasteiger partial charge in [0.05, 0.1) is 12.8 Å². The fourth-order valence-corrected chi connectivity index (χ4v) is 2.26. The second kappa shape index (κ2) is 6.51. The summed E-state index contributed by atoms with van der Waals surface area (Å²) in [6.45, 7) is 1.44. The molecule has 7 heteroatoms. The predicted molar refractivity (Wildman–Crippen MR) is 71.7 cm³/mol. The van der Waals surface area contributed by atoms with E-state index in [-0.39, 0.29) is 11.8 Å². The lowest BCUT2D eigenvalue weighted by molar-refractivity contribution is -0.135. The molecule has 0 saturated carbocycles. The molecule has 1 N–H and O–H groups in total. The Morgan fingerprint density at radius 1 is 1.65 bits per heavy atom. The number of carbonyl (C=O) groups excluding carboxylic acids is 2. The second-order valence-electron chi connectivity index (χ2n) is 4.93. The average molecular weight is 280 g/mol. The van der Waals surface area contributed by atoms with Gasteiger partial charge in [0.15, 0.2) is 0 Å². The van der Waals surface area contributed by atoms with Crippen LogP contribution in [0.5, 0.6) is 0 Å². The van der Waals surface area contributed by atoms with E-state index in [0.717, 1.165) is 5.56 Å². The molecule has 1 aliphatic heterocycles. The van der Waals surface area contributed by atoms with E-state index in [9.17, 15) is 9.59 Å². The van der Waals surface area contributed by atoms with Crippen molar-refractivity contribution in [1.29, 1.82) is 0 Å². The highest BCUT2D eigenvalue weighted by molar-refractivity contribution is 5.90. The Balaban J connectivity index is 2.02. The highest BCUT2D eigenvalue weighted by Gasteiger charge is 2.30. The fraction of sp³-hybridized carbons (Fsp3) is 0.615. The number of hydrogen-bond acceptors (Lipinski definition) is 4. The Kier molecular flexibility index (Phi) is 4.73. The topological polar surface area (TPSA) is 76.5 Å². The first-order valence-corrected chi connectivity index (χ1v) is 6.64. The van der Waals surface area contributed by atoms with Crippen molar-refractivity contribution in [2.75, 3.05) is 20.3 Å². The van der Waals surface area contributed by atoms with Gasteiger partial charge in [0.1, 0.15) is 6.04 Å². The molecule has 1 aliphatic rings. The van der Waals surface area contributed by atoms with Crippen LogP contribution < -0.4 is 5.32 Å². The van der Waals surface area contributed by atoms with Gasteiger partial charge < -0.3 is 15.0 Å². The number of ether oxygens (including phenoxy) is 1. The van der Waals surface area contributed by atoms with Gasteiger partial charge in [-0.25, -0.2) is 0 Å². The van der Waals surface area contributed by atoms with Crippen molar-refractivity contribution < 1.29 is 14.3 Å². The quantitative estimate of drug-likeness (QED) is 0.774. The smallest absolute Gasteiger partial charge is 0.245 e. The third kappa shape index (κ3) is 3.57. The van der Waals surface area contributed by atoms with Crippen molar-refractivity contribution in [2.45, 2.75) is 25.4 Å². The molecule has 2 rings (SSSR count). The van der Waals surface area contributed by atoms with Crippen LogP contribution in [-0.2, 0) is 27.9 Å². The van der Waals surface area contributed by atoms with Gasteiger partial charge in [0, 0.05) is 45.4 Å². The SMILES string of the molecule is COCCN(Cc1cnn(C)c1)C(=O)[C@H]1CCC(=O)N1. The number of nitrogens with one attached hydrogen (secondary N) is 1. The van der Waals surface area contributed by atoms with Crippen LogP contribution in [0.1, 0.15) is 18.4 Å². The van der Waals surface area contributed by atoms with Crippen molar-refractivity contribution in [2.24, 2.45) is 7.05 Å². The molecule has 0 radical (unpaired) electrons. The molecular weight excluding hydrogens is 260 g/mol. The minimum Gasteiger partial charge on any atom is -0.383 e. The molecule has 1 aromatic rings. The van der Waals surface area contributed by atoms with E-state index in [1.54, 1.807) is 22.9 Å². The molecule has 1 fully saturated rings. The van der Waals surface area contributed by atoms with Gasteiger partial charge >= 0.3 is 0 Å². The number of hydrogen-bond donors (Lipinski definition) is 1. The fourth-order valence-electron chi connectivity index (χ4n) is 2.26. The van der Waals surface area contributed by atoms with Crippen LogP contribution >= 0.6 is 0 Å². The van der Waals surface area contributed by atoms with Gasteiger partial charge in [-0.1, -0.05) is 0 Å². The van der Waals surface area contributed by atoms with E-state index in [1.807, 2.05) is 13.2 Å². The molecule has 1 atom stereocenters. The molecule has 0 spiro atoms. The maximum atomic E-state index is 12.4. The molecule has 2 heterocycles. The first kappa shape index (κ1) is 14.5. The van der Waals surface area contributed by atoms with Crippen molar-refractivity contribution in [3.63, 3.8) is 0 Å². The van der Waals surface area contributed by atoms with Gasteiger partial charge in [-0.3, -0.25) is 14.3 Å². The van der Waals surface area contributed by atoms with E-state index in [1.165, 1.54) is 0 Å². The van der Waals surface area contributed by atoms with Crippen molar-refractivity contribution in [3.8, 4) is 0 Å². The lowest BCUT2D eigenvalue weighted by atomic mass is 10.2. The third-order valence-electron chi connectivity index (χ3n) is 3.30. The number of carbonyl (C=O) groups is 2. The first-order valence-electron chi connectivity index (χ1n) is 6.64. The summed E-state index contributed by atoms with van der Waals surface area (Å²) < 4.78 is 6.75. The van der Waals surface area contributed by atoms with Crippen LogP contribution in [0.2, 0.25) is 0 Å². The molecule has 110 valence electrons. The molecular formula is C13H20N4O3. The normalized spacial score (nSPS) is 18.1. The lowest BCUT2D eigenvalue weighted by Crippen LogP contribution is -2.45. The van der Waals surface area contributed by atoms with E-state index < -0.39 is 6.04 Å². The minimum absolute atomic E-state index is 0.0586. The van der Waals surface area contributed by atoms with Crippen LogP contribution in [-0.4, -0.2) is 52.8 Å². The van der Waals surface area contributed by atoms with E-state index in [4.69, 9.17) is 4.74 Å². The highest BCUT2D eigenvalue weighted by Crippen LogP contribution is 2.12. The average Bonchev–Trinajstić information content (AvgIpc) is 3.02. The molecule has 0 aromatic carbocycles. The Bertz CT molecular complexity index is 486. The van der Waals surface area contributed by atoms with Crippen LogP contribution in [0.25, 0.3) is 0 Å². The maximum absolute atomic E-state index is 12.4. The summed E-state index contributed by atoms with van der Waals surface area (Å²) in [5.41, 5.74) is 0.960.